The Balaban J connectivity index is 2.14. The molecule has 0 aliphatic heterocycles. The lowest BCUT2D eigenvalue weighted by atomic mass is 9.68. The molecule has 2 unspecified atom stereocenters. The van der Waals surface area contributed by atoms with Gasteiger partial charge in [0.1, 0.15) is 0 Å². The van der Waals surface area contributed by atoms with Gasteiger partial charge >= 0.3 is 0 Å². The Bertz CT molecular complexity index is 395. The van der Waals surface area contributed by atoms with E-state index in [1.54, 1.807) is 5.56 Å². The molecule has 1 nitrogen and oxygen atoms in total. The summed E-state index contributed by atoms with van der Waals surface area (Å²) >= 11 is 0. The molecule has 1 aliphatic carbocycles. The van der Waals surface area contributed by atoms with Gasteiger partial charge in [-0.3, -0.25) is 0 Å². The van der Waals surface area contributed by atoms with Crippen molar-refractivity contribution < 1.29 is 0 Å². The van der Waals surface area contributed by atoms with E-state index < -0.39 is 0 Å². The van der Waals surface area contributed by atoms with E-state index in [9.17, 15) is 0 Å². The molecule has 1 aliphatic rings. The van der Waals surface area contributed by atoms with E-state index >= 15 is 0 Å². The molecule has 1 aromatic rings. The van der Waals surface area contributed by atoms with Gasteiger partial charge in [-0.15, -0.1) is 0 Å². The van der Waals surface area contributed by atoms with Gasteiger partial charge in [-0.2, -0.15) is 0 Å². The summed E-state index contributed by atoms with van der Waals surface area (Å²) in [4.78, 5) is 0. The first kappa shape index (κ1) is 12.6. The quantitative estimate of drug-likeness (QED) is 0.833. The van der Waals surface area contributed by atoms with Crippen LogP contribution in [0.2, 0.25) is 0 Å². The van der Waals surface area contributed by atoms with Crippen LogP contribution < -0.4 is 5.32 Å². The Morgan fingerprint density at radius 3 is 2.35 bits per heavy atom. The number of rotatable bonds is 4. The van der Waals surface area contributed by atoms with Crippen molar-refractivity contribution in [2.75, 3.05) is 13.1 Å². The molecule has 17 heavy (non-hydrogen) atoms. The Hall–Kier alpha value is -0.820. The Morgan fingerprint density at radius 1 is 1.06 bits per heavy atom. The van der Waals surface area contributed by atoms with E-state index in [0.717, 1.165) is 18.4 Å². The SMILES string of the molecule is CCNCC1CCC1c1cc(C)c(C)cc1C. The van der Waals surface area contributed by atoms with Gasteiger partial charge in [0.2, 0.25) is 0 Å². The van der Waals surface area contributed by atoms with Crippen molar-refractivity contribution in [2.24, 2.45) is 5.92 Å². The third-order valence-electron chi connectivity index (χ3n) is 4.36. The largest absolute Gasteiger partial charge is 0.317 e. The molecule has 0 amide bonds. The molecule has 0 heterocycles. The number of nitrogens with one attached hydrogen (secondary N) is 1. The fourth-order valence-electron chi connectivity index (χ4n) is 2.93. The molecule has 0 saturated heterocycles. The normalized spacial score (nSPS) is 23.5. The first-order chi connectivity index (χ1) is 8.13. The van der Waals surface area contributed by atoms with Gasteiger partial charge in [0, 0.05) is 0 Å². The second-order valence-corrected chi connectivity index (χ2v) is 5.54. The zero-order valence-corrected chi connectivity index (χ0v) is 11.6. The van der Waals surface area contributed by atoms with E-state index in [1.807, 2.05) is 0 Å². The van der Waals surface area contributed by atoms with E-state index in [1.165, 1.54) is 36.1 Å². The monoisotopic (exact) mass is 231 g/mol. The van der Waals surface area contributed by atoms with Crippen molar-refractivity contribution in [3.8, 4) is 0 Å². The van der Waals surface area contributed by atoms with Crippen LogP contribution in [0, 0.1) is 26.7 Å². The Morgan fingerprint density at radius 2 is 1.76 bits per heavy atom. The zero-order chi connectivity index (χ0) is 12.4. The van der Waals surface area contributed by atoms with Crippen molar-refractivity contribution in [2.45, 2.75) is 46.5 Å². The van der Waals surface area contributed by atoms with E-state index in [2.05, 4.69) is 45.1 Å². The van der Waals surface area contributed by atoms with Gasteiger partial charge in [0.05, 0.1) is 0 Å². The maximum atomic E-state index is 3.50. The summed E-state index contributed by atoms with van der Waals surface area (Å²) in [6, 6.07) is 4.78. The smallest absolute Gasteiger partial charge is 0.00148 e. The summed E-state index contributed by atoms with van der Waals surface area (Å²) in [7, 11) is 0. The lowest BCUT2D eigenvalue weighted by Crippen LogP contribution is -2.34. The number of aryl methyl sites for hydroxylation is 3. The van der Waals surface area contributed by atoms with Crippen LogP contribution in [0.4, 0.5) is 0 Å². The van der Waals surface area contributed by atoms with Crippen LogP contribution in [0.15, 0.2) is 12.1 Å². The first-order valence-electron chi connectivity index (χ1n) is 6.92. The Labute approximate surface area is 106 Å². The van der Waals surface area contributed by atoms with E-state index in [-0.39, 0.29) is 0 Å². The van der Waals surface area contributed by atoms with Crippen molar-refractivity contribution in [3.05, 3.63) is 34.4 Å². The van der Waals surface area contributed by atoms with Crippen LogP contribution in [-0.4, -0.2) is 13.1 Å². The maximum Gasteiger partial charge on any atom is -0.00148 e. The van der Waals surface area contributed by atoms with Crippen LogP contribution in [0.3, 0.4) is 0 Å². The average molecular weight is 231 g/mol. The summed E-state index contributed by atoms with van der Waals surface area (Å²) in [5, 5.41) is 3.50. The minimum Gasteiger partial charge on any atom is -0.317 e. The van der Waals surface area contributed by atoms with Gasteiger partial charge in [0.15, 0.2) is 0 Å². The molecule has 0 aromatic heterocycles. The molecule has 94 valence electrons. The van der Waals surface area contributed by atoms with E-state index in [0.29, 0.717) is 0 Å². The fourth-order valence-corrected chi connectivity index (χ4v) is 2.93. The van der Waals surface area contributed by atoms with Crippen molar-refractivity contribution in [3.63, 3.8) is 0 Å². The molecule has 1 aromatic carbocycles. The van der Waals surface area contributed by atoms with Crippen LogP contribution in [0.5, 0.6) is 0 Å². The minimum atomic E-state index is 0.799. The highest BCUT2D eigenvalue weighted by atomic mass is 14.9. The highest BCUT2D eigenvalue weighted by molar-refractivity contribution is 5.39. The fraction of sp³-hybridized carbons (Fsp3) is 0.625. The zero-order valence-electron chi connectivity index (χ0n) is 11.6. The second-order valence-electron chi connectivity index (χ2n) is 5.54. The number of hydrogen-bond donors (Lipinski definition) is 1. The molecule has 0 bridgehead atoms. The summed E-state index contributed by atoms with van der Waals surface area (Å²) in [6.07, 6.45) is 2.77. The maximum absolute atomic E-state index is 3.50. The minimum absolute atomic E-state index is 0.799. The molecular formula is C16H25N. The highest BCUT2D eigenvalue weighted by Crippen LogP contribution is 2.43. The molecule has 0 radical (unpaired) electrons. The van der Waals surface area contributed by atoms with Crippen molar-refractivity contribution in [1.82, 2.24) is 5.32 Å². The lowest BCUT2D eigenvalue weighted by molar-refractivity contribution is 0.246. The predicted molar refractivity (Wildman–Crippen MR) is 74.7 cm³/mol. The number of hydrogen-bond acceptors (Lipinski definition) is 1. The molecule has 0 spiro atoms. The lowest BCUT2D eigenvalue weighted by Gasteiger charge is -2.38. The Kier molecular flexibility index (Phi) is 3.88. The molecule has 2 rings (SSSR count). The predicted octanol–water partition coefficient (Wildman–Crippen LogP) is 3.71. The number of benzene rings is 1. The van der Waals surface area contributed by atoms with Gasteiger partial charge in [-0.05, 0) is 80.8 Å². The first-order valence-corrected chi connectivity index (χ1v) is 6.92. The average Bonchev–Trinajstić information content (AvgIpc) is 2.25. The van der Waals surface area contributed by atoms with Crippen LogP contribution >= 0.6 is 0 Å². The molecule has 1 saturated carbocycles. The highest BCUT2D eigenvalue weighted by Gasteiger charge is 2.32. The van der Waals surface area contributed by atoms with Crippen molar-refractivity contribution >= 4 is 0 Å². The van der Waals surface area contributed by atoms with Gasteiger partial charge < -0.3 is 5.32 Å². The second kappa shape index (κ2) is 5.22. The third kappa shape index (κ3) is 2.55. The summed E-state index contributed by atoms with van der Waals surface area (Å²) in [5.41, 5.74) is 5.95. The standard InChI is InChI=1S/C16H25N/c1-5-17-10-14-6-7-15(14)16-9-12(3)11(2)8-13(16)4/h8-9,14-15,17H,5-7,10H2,1-4H3. The van der Waals surface area contributed by atoms with Crippen molar-refractivity contribution in [1.29, 1.82) is 0 Å². The molecule has 1 N–H and O–H groups in total. The van der Waals surface area contributed by atoms with Crippen LogP contribution in [-0.2, 0) is 0 Å². The van der Waals surface area contributed by atoms with Gasteiger partial charge in [-0.25, -0.2) is 0 Å². The summed E-state index contributed by atoms with van der Waals surface area (Å²) in [5.74, 6) is 1.66. The molecular weight excluding hydrogens is 206 g/mol. The molecule has 2 atom stereocenters. The van der Waals surface area contributed by atoms with Gasteiger partial charge in [-0.1, -0.05) is 19.1 Å². The van der Waals surface area contributed by atoms with E-state index in [4.69, 9.17) is 0 Å². The molecule has 1 fully saturated rings. The van der Waals surface area contributed by atoms with Crippen LogP contribution in [0.1, 0.15) is 47.9 Å². The summed E-state index contributed by atoms with van der Waals surface area (Å²) in [6.45, 7) is 11.2. The molecule has 1 heteroatoms. The summed E-state index contributed by atoms with van der Waals surface area (Å²) < 4.78 is 0. The van der Waals surface area contributed by atoms with Crippen LogP contribution in [0.25, 0.3) is 0 Å². The third-order valence-corrected chi connectivity index (χ3v) is 4.36. The van der Waals surface area contributed by atoms with Gasteiger partial charge in [0.25, 0.3) is 0 Å². The topological polar surface area (TPSA) is 12.0 Å².